The highest BCUT2D eigenvalue weighted by molar-refractivity contribution is 9.10. The Balaban J connectivity index is 1.69. The molecule has 1 nitrogen and oxygen atoms in total. The van der Waals surface area contributed by atoms with Gasteiger partial charge in [0.1, 0.15) is 0 Å². The summed E-state index contributed by atoms with van der Waals surface area (Å²) in [6.45, 7) is 2.79. The first-order valence-electron chi connectivity index (χ1n) is 8.52. The van der Waals surface area contributed by atoms with Crippen molar-refractivity contribution in [3.05, 3.63) is 112 Å². The van der Waals surface area contributed by atoms with Gasteiger partial charge in [0.2, 0.25) is 0 Å². The van der Waals surface area contributed by atoms with Crippen molar-refractivity contribution >= 4 is 22.0 Å². The van der Waals surface area contributed by atoms with E-state index in [0.29, 0.717) is 0 Å². The summed E-state index contributed by atoms with van der Waals surface area (Å²) in [6.07, 6.45) is 4.44. The summed E-state index contributed by atoms with van der Waals surface area (Å²) in [5.74, 6) is 0. The maximum Gasteiger partial charge on any atom is 0.0240 e. The minimum absolute atomic E-state index is 0.917. The van der Waals surface area contributed by atoms with Crippen molar-refractivity contribution in [1.82, 2.24) is 4.90 Å². The largest absolute Gasteiger partial charge is 0.291 e. The minimum Gasteiger partial charge on any atom is -0.291 e. The smallest absolute Gasteiger partial charge is 0.0240 e. The van der Waals surface area contributed by atoms with Crippen LogP contribution in [0.4, 0.5) is 0 Å². The molecule has 0 aromatic heterocycles. The van der Waals surface area contributed by atoms with Crippen molar-refractivity contribution in [2.75, 3.05) is 6.54 Å². The average Bonchev–Trinajstić information content (AvgIpc) is 2.65. The Hall–Kier alpha value is -2.16. The Labute approximate surface area is 158 Å². The van der Waals surface area contributed by atoms with Gasteiger partial charge in [0.15, 0.2) is 0 Å². The molecule has 0 saturated heterocycles. The van der Waals surface area contributed by atoms with E-state index in [2.05, 4.69) is 112 Å². The quantitative estimate of drug-likeness (QED) is 0.465. The van der Waals surface area contributed by atoms with Gasteiger partial charge in [-0.2, -0.15) is 0 Å². The van der Waals surface area contributed by atoms with Gasteiger partial charge in [0.05, 0.1) is 0 Å². The Kier molecular flexibility index (Phi) is 6.61. The van der Waals surface area contributed by atoms with Gasteiger partial charge in [-0.05, 0) is 28.8 Å². The van der Waals surface area contributed by atoms with Crippen LogP contribution >= 0.6 is 15.9 Å². The molecule has 0 aliphatic heterocycles. The second-order valence-electron chi connectivity index (χ2n) is 6.09. The lowest BCUT2D eigenvalue weighted by Gasteiger charge is -2.21. The molecular weight excluding hydrogens is 370 g/mol. The van der Waals surface area contributed by atoms with E-state index in [9.17, 15) is 0 Å². The lowest BCUT2D eigenvalue weighted by molar-refractivity contribution is 0.286. The average molecular weight is 392 g/mol. The monoisotopic (exact) mass is 391 g/mol. The molecule has 0 aliphatic carbocycles. The third-order valence-electron chi connectivity index (χ3n) is 4.04. The van der Waals surface area contributed by atoms with Crippen LogP contribution in [0.3, 0.4) is 0 Å². The van der Waals surface area contributed by atoms with Crippen LogP contribution in [0.15, 0.2) is 95.5 Å². The maximum atomic E-state index is 3.51. The summed E-state index contributed by atoms with van der Waals surface area (Å²) >= 11 is 3.51. The first-order chi connectivity index (χ1) is 12.3. The molecule has 3 rings (SSSR count). The molecule has 0 aliphatic rings. The Bertz CT molecular complexity index is 779. The molecule has 126 valence electrons. The van der Waals surface area contributed by atoms with E-state index in [-0.39, 0.29) is 0 Å². The topological polar surface area (TPSA) is 3.24 Å². The van der Waals surface area contributed by atoms with Crippen LogP contribution in [0.25, 0.3) is 6.08 Å². The molecule has 0 atom stereocenters. The number of rotatable bonds is 7. The summed E-state index contributed by atoms with van der Waals surface area (Å²) in [7, 11) is 0. The highest BCUT2D eigenvalue weighted by atomic mass is 79.9. The predicted molar refractivity (Wildman–Crippen MR) is 110 cm³/mol. The first kappa shape index (κ1) is 17.7. The zero-order valence-corrected chi connectivity index (χ0v) is 15.8. The third kappa shape index (κ3) is 6.00. The fourth-order valence-electron chi connectivity index (χ4n) is 2.78. The molecule has 25 heavy (non-hydrogen) atoms. The molecule has 0 unspecified atom stereocenters. The normalized spacial score (nSPS) is 11.3. The van der Waals surface area contributed by atoms with E-state index in [4.69, 9.17) is 0 Å². The predicted octanol–water partition coefficient (Wildman–Crippen LogP) is 6.16. The van der Waals surface area contributed by atoms with Crippen LogP contribution in [-0.2, 0) is 13.1 Å². The molecule has 0 fully saturated rings. The second kappa shape index (κ2) is 9.36. The van der Waals surface area contributed by atoms with Crippen LogP contribution < -0.4 is 0 Å². The first-order valence-corrected chi connectivity index (χ1v) is 9.31. The molecule has 3 aromatic carbocycles. The lowest BCUT2D eigenvalue weighted by atomic mass is 10.1. The summed E-state index contributed by atoms with van der Waals surface area (Å²) in [5, 5.41) is 0. The summed E-state index contributed by atoms with van der Waals surface area (Å²) < 4.78 is 1.12. The van der Waals surface area contributed by atoms with Crippen LogP contribution in [0.5, 0.6) is 0 Å². The van der Waals surface area contributed by atoms with Crippen molar-refractivity contribution < 1.29 is 0 Å². The fourth-order valence-corrected chi connectivity index (χ4v) is 3.04. The Morgan fingerprint density at radius 1 is 0.680 bits per heavy atom. The van der Waals surface area contributed by atoms with Gasteiger partial charge in [-0.3, -0.25) is 4.90 Å². The second-order valence-corrected chi connectivity index (χ2v) is 7.01. The van der Waals surface area contributed by atoms with Crippen molar-refractivity contribution in [2.24, 2.45) is 0 Å². The lowest BCUT2D eigenvalue weighted by Crippen LogP contribution is -2.22. The van der Waals surface area contributed by atoms with E-state index in [1.165, 1.54) is 16.7 Å². The highest BCUT2D eigenvalue weighted by Gasteiger charge is 2.06. The van der Waals surface area contributed by atoms with Gasteiger partial charge >= 0.3 is 0 Å². The minimum atomic E-state index is 0.917. The van der Waals surface area contributed by atoms with E-state index in [1.807, 2.05) is 6.07 Å². The third-order valence-corrected chi connectivity index (χ3v) is 4.57. The van der Waals surface area contributed by atoms with Crippen LogP contribution in [-0.4, -0.2) is 11.4 Å². The molecule has 3 aromatic rings. The highest BCUT2D eigenvalue weighted by Crippen LogP contribution is 2.14. The van der Waals surface area contributed by atoms with Gasteiger partial charge in [-0.1, -0.05) is 101 Å². The van der Waals surface area contributed by atoms with Gasteiger partial charge in [0, 0.05) is 24.1 Å². The number of hydrogen-bond acceptors (Lipinski definition) is 1. The van der Waals surface area contributed by atoms with Crippen molar-refractivity contribution in [2.45, 2.75) is 13.1 Å². The van der Waals surface area contributed by atoms with E-state index >= 15 is 0 Å². The molecule has 0 radical (unpaired) electrons. The van der Waals surface area contributed by atoms with Crippen LogP contribution in [0, 0.1) is 0 Å². The van der Waals surface area contributed by atoms with E-state index in [0.717, 1.165) is 24.1 Å². The number of nitrogens with zero attached hydrogens (tertiary/aromatic N) is 1. The summed E-state index contributed by atoms with van der Waals surface area (Å²) in [4.78, 5) is 2.46. The van der Waals surface area contributed by atoms with Crippen molar-refractivity contribution in [3.8, 4) is 0 Å². The zero-order chi connectivity index (χ0) is 17.3. The van der Waals surface area contributed by atoms with Crippen molar-refractivity contribution in [1.29, 1.82) is 0 Å². The standard InChI is InChI=1S/C23H22BrN/c24-23-15-13-22(14-16-23)19-25(18-21-10-5-2-6-11-21)17-7-12-20-8-3-1-4-9-20/h1-16H,17-19H2/b12-7+. The summed E-state index contributed by atoms with van der Waals surface area (Å²) in [5.41, 5.74) is 3.91. The molecule has 0 bridgehead atoms. The van der Waals surface area contributed by atoms with Gasteiger partial charge in [0.25, 0.3) is 0 Å². The maximum absolute atomic E-state index is 3.51. The van der Waals surface area contributed by atoms with Crippen LogP contribution in [0.1, 0.15) is 16.7 Å². The van der Waals surface area contributed by atoms with Gasteiger partial charge < -0.3 is 0 Å². The Morgan fingerprint density at radius 3 is 1.88 bits per heavy atom. The van der Waals surface area contributed by atoms with E-state index < -0.39 is 0 Å². The Morgan fingerprint density at radius 2 is 1.24 bits per heavy atom. The molecule has 0 saturated carbocycles. The number of benzene rings is 3. The molecule has 0 heterocycles. The molecular formula is C23H22BrN. The molecule has 2 heteroatoms. The van der Waals surface area contributed by atoms with Gasteiger partial charge in [-0.15, -0.1) is 0 Å². The number of hydrogen-bond donors (Lipinski definition) is 0. The zero-order valence-electron chi connectivity index (χ0n) is 14.2. The number of halogens is 1. The van der Waals surface area contributed by atoms with Gasteiger partial charge in [-0.25, -0.2) is 0 Å². The summed E-state index contributed by atoms with van der Waals surface area (Å²) in [6, 6.07) is 29.7. The fraction of sp³-hybridized carbons (Fsp3) is 0.130. The van der Waals surface area contributed by atoms with Crippen LogP contribution in [0.2, 0.25) is 0 Å². The van der Waals surface area contributed by atoms with E-state index in [1.54, 1.807) is 0 Å². The molecule has 0 spiro atoms. The molecule has 0 N–H and O–H groups in total. The van der Waals surface area contributed by atoms with Crippen molar-refractivity contribution in [3.63, 3.8) is 0 Å². The molecule has 0 amide bonds. The SMILES string of the molecule is Brc1ccc(CN(C/C=C/c2ccccc2)Cc2ccccc2)cc1.